The van der Waals surface area contributed by atoms with E-state index in [-0.39, 0.29) is 0 Å². The minimum atomic E-state index is 0.916. The van der Waals surface area contributed by atoms with Gasteiger partial charge in [-0.05, 0) is 24.8 Å². The van der Waals surface area contributed by atoms with Crippen molar-refractivity contribution in [2.45, 2.75) is 57.5 Å². The summed E-state index contributed by atoms with van der Waals surface area (Å²) in [5.74, 6) is 1.11. The van der Waals surface area contributed by atoms with E-state index in [1.807, 2.05) is 12.4 Å². The van der Waals surface area contributed by atoms with Crippen LogP contribution >= 0.6 is 11.8 Å². The van der Waals surface area contributed by atoms with Crippen LogP contribution in [-0.2, 0) is 6.42 Å². The van der Waals surface area contributed by atoms with Gasteiger partial charge in [-0.25, -0.2) is 9.97 Å². The SMILES string of the molecule is CCCCCCc1cnc(SCCC)nc1. The highest BCUT2D eigenvalue weighted by Gasteiger charge is 1.98. The molecule has 2 nitrogen and oxygen atoms in total. The smallest absolute Gasteiger partial charge is 0.187 e. The minimum absolute atomic E-state index is 0.916. The molecule has 0 radical (unpaired) electrons. The Kier molecular flexibility index (Phi) is 7.23. The third-order valence-corrected chi connectivity index (χ3v) is 3.52. The molecule has 1 aromatic heterocycles. The Balaban J connectivity index is 2.27. The van der Waals surface area contributed by atoms with Crippen LogP contribution in [0.15, 0.2) is 17.6 Å². The van der Waals surface area contributed by atoms with E-state index in [9.17, 15) is 0 Å². The van der Waals surface area contributed by atoms with E-state index in [2.05, 4.69) is 23.8 Å². The molecule has 0 spiro atoms. The van der Waals surface area contributed by atoms with Gasteiger partial charge in [0.25, 0.3) is 0 Å². The average molecular weight is 238 g/mol. The molecule has 0 aliphatic carbocycles. The number of hydrogen-bond acceptors (Lipinski definition) is 3. The minimum Gasteiger partial charge on any atom is -0.231 e. The average Bonchev–Trinajstić information content (AvgIpc) is 2.33. The number of aryl methyl sites for hydroxylation is 1. The highest BCUT2D eigenvalue weighted by molar-refractivity contribution is 7.99. The largest absolute Gasteiger partial charge is 0.231 e. The Hall–Kier alpha value is -0.570. The highest BCUT2D eigenvalue weighted by Crippen LogP contribution is 2.13. The molecule has 0 fully saturated rings. The molecule has 0 atom stereocenters. The third-order valence-electron chi connectivity index (χ3n) is 2.44. The topological polar surface area (TPSA) is 25.8 Å². The van der Waals surface area contributed by atoms with E-state index in [0.717, 1.165) is 17.3 Å². The fourth-order valence-electron chi connectivity index (χ4n) is 1.50. The van der Waals surface area contributed by atoms with Crippen molar-refractivity contribution in [3.63, 3.8) is 0 Å². The van der Waals surface area contributed by atoms with Crippen molar-refractivity contribution < 1.29 is 0 Å². The number of unbranched alkanes of at least 4 members (excludes halogenated alkanes) is 3. The summed E-state index contributed by atoms with van der Waals surface area (Å²) in [7, 11) is 0. The number of rotatable bonds is 8. The van der Waals surface area contributed by atoms with E-state index in [1.54, 1.807) is 11.8 Å². The molecule has 90 valence electrons. The molecule has 0 aliphatic heterocycles. The van der Waals surface area contributed by atoms with Gasteiger partial charge in [0.2, 0.25) is 0 Å². The van der Waals surface area contributed by atoms with E-state index in [4.69, 9.17) is 0 Å². The molecule has 0 unspecified atom stereocenters. The van der Waals surface area contributed by atoms with Crippen molar-refractivity contribution in [1.29, 1.82) is 0 Å². The lowest BCUT2D eigenvalue weighted by Gasteiger charge is -2.02. The summed E-state index contributed by atoms with van der Waals surface area (Å²) in [5, 5.41) is 0.916. The first kappa shape index (κ1) is 13.5. The second-order valence-electron chi connectivity index (χ2n) is 4.03. The van der Waals surface area contributed by atoms with Crippen LogP contribution in [0.4, 0.5) is 0 Å². The van der Waals surface area contributed by atoms with Gasteiger partial charge in [-0.2, -0.15) is 0 Å². The van der Waals surface area contributed by atoms with Crippen LogP contribution in [0, 0.1) is 0 Å². The lowest BCUT2D eigenvalue weighted by molar-refractivity contribution is 0.663. The Morgan fingerprint density at radius 1 is 1.00 bits per heavy atom. The lowest BCUT2D eigenvalue weighted by Crippen LogP contribution is -1.92. The summed E-state index contributed by atoms with van der Waals surface area (Å²) in [5.41, 5.74) is 1.27. The molecular weight excluding hydrogens is 216 g/mol. The maximum atomic E-state index is 4.37. The van der Waals surface area contributed by atoms with Gasteiger partial charge in [0.05, 0.1) is 0 Å². The maximum absolute atomic E-state index is 4.37. The molecule has 16 heavy (non-hydrogen) atoms. The lowest BCUT2D eigenvalue weighted by atomic mass is 10.1. The molecule has 0 saturated carbocycles. The Morgan fingerprint density at radius 3 is 2.38 bits per heavy atom. The number of nitrogens with zero attached hydrogens (tertiary/aromatic N) is 2. The maximum Gasteiger partial charge on any atom is 0.187 e. The van der Waals surface area contributed by atoms with Crippen LogP contribution < -0.4 is 0 Å². The summed E-state index contributed by atoms with van der Waals surface area (Å²) >= 11 is 1.74. The second-order valence-corrected chi connectivity index (χ2v) is 5.10. The summed E-state index contributed by atoms with van der Waals surface area (Å²) in [4.78, 5) is 8.73. The fourth-order valence-corrected chi connectivity index (χ4v) is 2.14. The van der Waals surface area contributed by atoms with Gasteiger partial charge in [0.1, 0.15) is 0 Å². The quantitative estimate of drug-likeness (QED) is 0.387. The zero-order chi connectivity index (χ0) is 11.6. The summed E-state index contributed by atoms with van der Waals surface area (Å²) in [6.45, 7) is 4.41. The predicted octanol–water partition coefficient (Wildman–Crippen LogP) is 4.10. The molecule has 3 heteroatoms. The van der Waals surface area contributed by atoms with Gasteiger partial charge in [-0.15, -0.1) is 0 Å². The number of thioether (sulfide) groups is 1. The summed E-state index contributed by atoms with van der Waals surface area (Å²) in [6.07, 6.45) is 11.5. The first-order valence-electron chi connectivity index (χ1n) is 6.30. The van der Waals surface area contributed by atoms with Gasteiger partial charge in [0.15, 0.2) is 5.16 Å². The van der Waals surface area contributed by atoms with Crippen molar-refractivity contribution in [2.24, 2.45) is 0 Å². The van der Waals surface area contributed by atoms with Crippen LogP contribution in [0.5, 0.6) is 0 Å². The van der Waals surface area contributed by atoms with Crippen LogP contribution in [-0.4, -0.2) is 15.7 Å². The summed E-state index contributed by atoms with van der Waals surface area (Å²) < 4.78 is 0. The molecule has 1 heterocycles. The van der Waals surface area contributed by atoms with Crippen molar-refractivity contribution >= 4 is 11.8 Å². The molecule has 0 amide bonds. The summed E-state index contributed by atoms with van der Waals surface area (Å²) in [6, 6.07) is 0. The van der Waals surface area contributed by atoms with E-state index in [1.165, 1.54) is 37.7 Å². The molecule has 0 aromatic carbocycles. The van der Waals surface area contributed by atoms with Gasteiger partial charge >= 0.3 is 0 Å². The van der Waals surface area contributed by atoms with Gasteiger partial charge in [-0.3, -0.25) is 0 Å². The fraction of sp³-hybridized carbons (Fsp3) is 0.692. The Bertz CT molecular complexity index is 272. The monoisotopic (exact) mass is 238 g/mol. The van der Waals surface area contributed by atoms with E-state index in [0.29, 0.717) is 0 Å². The van der Waals surface area contributed by atoms with Crippen molar-refractivity contribution in [3.05, 3.63) is 18.0 Å². The molecule has 0 N–H and O–H groups in total. The normalized spacial score (nSPS) is 10.6. The molecule has 1 aromatic rings. The van der Waals surface area contributed by atoms with Crippen molar-refractivity contribution in [2.75, 3.05) is 5.75 Å². The van der Waals surface area contributed by atoms with Crippen molar-refractivity contribution in [3.8, 4) is 0 Å². The van der Waals surface area contributed by atoms with Gasteiger partial charge < -0.3 is 0 Å². The van der Waals surface area contributed by atoms with Crippen LogP contribution in [0.3, 0.4) is 0 Å². The van der Waals surface area contributed by atoms with Gasteiger partial charge in [0, 0.05) is 18.1 Å². The first-order chi connectivity index (χ1) is 7.86. The zero-order valence-corrected chi connectivity index (χ0v) is 11.2. The first-order valence-corrected chi connectivity index (χ1v) is 7.29. The molecule has 0 saturated heterocycles. The predicted molar refractivity (Wildman–Crippen MR) is 70.9 cm³/mol. The van der Waals surface area contributed by atoms with Crippen LogP contribution in [0.1, 0.15) is 51.5 Å². The van der Waals surface area contributed by atoms with Crippen molar-refractivity contribution in [1.82, 2.24) is 9.97 Å². The highest BCUT2D eigenvalue weighted by atomic mass is 32.2. The van der Waals surface area contributed by atoms with Crippen LogP contribution in [0.25, 0.3) is 0 Å². The van der Waals surface area contributed by atoms with Crippen LogP contribution in [0.2, 0.25) is 0 Å². The number of aromatic nitrogens is 2. The zero-order valence-electron chi connectivity index (χ0n) is 10.4. The molecule has 1 rings (SSSR count). The number of hydrogen-bond donors (Lipinski definition) is 0. The van der Waals surface area contributed by atoms with E-state index < -0.39 is 0 Å². The van der Waals surface area contributed by atoms with E-state index >= 15 is 0 Å². The molecule has 0 bridgehead atoms. The molecular formula is C13H22N2S. The standard InChI is InChI=1S/C13H22N2S/c1-3-5-6-7-8-12-10-14-13(15-11-12)16-9-4-2/h10-11H,3-9H2,1-2H3. The van der Waals surface area contributed by atoms with Gasteiger partial charge in [-0.1, -0.05) is 44.9 Å². The Morgan fingerprint density at radius 2 is 1.75 bits per heavy atom. The Labute approximate surface area is 103 Å². The second kappa shape index (κ2) is 8.57. The molecule has 0 aliphatic rings. The third kappa shape index (κ3) is 5.50.